The van der Waals surface area contributed by atoms with Gasteiger partial charge in [-0.2, -0.15) is 0 Å². The Morgan fingerprint density at radius 3 is 2.68 bits per heavy atom. The molecule has 1 aliphatic carbocycles. The van der Waals surface area contributed by atoms with E-state index in [1.165, 1.54) is 37.0 Å². The molecule has 3 rings (SSSR count). The Morgan fingerprint density at radius 2 is 2.00 bits per heavy atom. The highest BCUT2D eigenvalue weighted by atomic mass is 32.1. The molecule has 1 saturated carbocycles. The second-order valence-corrected chi connectivity index (χ2v) is 6.95. The fraction of sp³-hybridized carbons (Fsp3) is 0.643. The minimum absolute atomic E-state index is 0.169. The molecule has 2 fully saturated rings. The largest absolute Gasteiger partial charge is 0.465 e. The molecule has 8 heteroatoms. The Balaban J connectivity index is 1.48. The third kappa shape index (κ3) is 3.49. The van der Waals surface area contributed by atoms with Gasteiger partial charge in [0.15, 0.2) is 5.13 Å². The summed E-state index contributed by atoms with van der Waals surface area (Å²) in [5.74, 6) is 0.588. The summed E-state index contributed by atoms with van der Waals surface area (Å²) in [6.45, 7) is 0.804. The molecule has 0 unspecified atom stereocenters. The molecule has 1 aromatic rings. The number of rotatable bonds is 3. The molecule has 0 spiro atoms. The Morgan fingerprint density at radius 1 is 1.27 bits per heavy atom. The smallest absolute Gasteiger partial charge is 0.405 e. The highest BCUT2D eigenvalue weighted by Crippen LogP contribution is 2.36. The van der Waals surface area contributed by atoms with Crippen LogP contribution < -0.4 is 10.6 Å². The molecule has 1 aromatic heterocycles. The molecule has 0 radical (unpaired) electrons. The van der Waals surface area contributed by atoms with Crippen LogP contribution in [-0.2, 0) is 0 Å². The van der Waals surface area contributed by atoms with Crippen LogP contribution in [0, 0.1) is 0 Å². The average Bonchev–Trinajstić information content (AvgIpc) is 2.91. The average molecular weight is 324 g/mol. The Kier molecular flexibility index (Phi) is 4.47. The van der Waals surface area contributed by atoms with Crippen LogP contribution >= 0.6 is 11.3 Å². The fourth-order valence-corrected chi connectivity index (χ4v) is 3.98. The number of amides is 3. The van der Waals surface area contributed by atoms with Gasteiger partial charge in [-0.15, -0.1) is 11.3 Å². The first-order valence-electron chi connectivity index (χ1n) is 7.63. The van der Waals surface area contributed by atoms with E-state index in [9.17, 15) is 9.59 Å². The van der Waals surface area contributed by atoms with Gasteiger partial charge in [0.2, 0.25) is 0 Å². The lowest BCUT2D eigenvalue weighted by Crippen LogP contribution is -2.61. The molecule has 120 valence electrons. The minimum Gasteiger partial charge on any atom is -0.465 e. The van der Waals surface area contributed by atoms with Crippen LogP contribution in [0.25, 0.3) is 0 Å². The number of nitrogens with zero attached hydrogens (tertiary/aromatic N) is 2. The number of nitrogens with one attached hydrogen (secondary N) is 2. The third-order valence-corrected chi connectivity index (χ3v) is 5.32. The standard InChI is InChI=1S/C14H20N4O3S/c19-13(18-7-10(8-18)16-14(20)21)17-12-15-6-11(22-12)9-4-2-1-3-5-9/h6,9-10,16H,1-5,7-8H2,(H,20,21)(H,15,17,19). The molecule has 2 aliphatic rings. The number of thiazole rings is 1. The molecule has 0 aromatic carbocycles. The van der Waals surface area contributed by atoms with Crippen molar-refractivity contribution in [2.24, 2.45) is 0 Å². The topological polar surface area (TPSA) is 94.6 Å². The normalized spacial score (nSPS) is 19.5. The number of carbonyl (C=O) groups is 2. The van der Waals surface area contributed by atoms with Crippen LogP contribution in [0.5, 0.6) is 0 Å². The Bertz CT molecular complexity index is 550. The number of hydrogen-bond donors (Lipinski definition) is 3. The van der Waals surface area contributed by atoms with Gasteiger partial charge >= 0.3 is 12.1 Å². The number of urea groups is 1. The van der Waals surface area contributed by atoms with E-state index in [0.717, 1.165) is 0 Å². The van der Waals surface area contributed by atoms with Gasteiger partial charge in [0.05, 0.1) is 6.04 Å². The Labute approximate surface area is 132 Å². The quantitative estimate of drug-likeness (QED) is 0.796. The predicted octanol–water partition coefficient (Wildman–Crippen LogP) is 2.67. The van der Waals surface area contributed by atoms with Crippen molar-refractivity contribution in [3.8, 4) is 0 Å². The van der Waals surface area contributed by atoms with E-state index >= 15 is 0 Å². The van der Waals surface area contributed by atoms with Gasteiger partial charge in [-0.05, 0) is 18.8 Å². The van der Waals surface area contributed by atoms with Crippen molar-refractivity contribution >= 4 is 28.6 Å². The van der Waals surface area contributed by atoms with Gasteiger partial charge in [-0.25, -0.2) is 14.6 Å². The fourth-order valence-electron chi connectivity index (χ4n) is 3.00. The lowest BCUT2D eigenvalue weighted by Gasteiger charge is -2.38. The second kappa shape index (κ2) is 6.51. The number of carbonyl (C=O) groups excluding carboxylic acids is 1. The van der Waals surface area contributed by atoms with Crippen molar-refractivity contribution < 1.29 is 14.7 Å². The van der Waals surface area contributed by atoms with Crippen LogP contribution in [0.4, 0.5) is 14.7 Å². The van der Waals surface area contributed by atoms with E-state index in [0.29, 0.717) is 24.1 Å². The predicted molar refractivity (Wildman–Crippen MR) is 83.5 cm³/mol. The van der Waals surface area contributed by atoms with Crippen molar-refractivity contribution in [1.82, 2.24) is 15.2 Å². The zero-order valence-corrected chi connectivity index (χ0v) is 13.1. The van der Waals surface area contributed by atoms with E-state index in [4.69, 9.17) is 5.11 Å². The number of aromatic nitrogens is 1. The summed E-state index contributed by atoms with van der Waals surface area (Å²) in [6.07, 6.45) is 7.11. The molecular formula is C14H20N4O3S. The SMILES string of the molecule is O=C(O)NC1CN(C(=O)Nc2ncc(C3CCCCC3)s2)C1. The lowest BCUT2D eigenvalue weighted by atomic mass is 9.89. The molecule has 3 N–H and O–H groups in total. The molecule has 1 aliphatic heterocycles. The van der Waals surface area contributed by atoms with Gasteiger partial charge in [0, 0.05) is 24.2 Å². The van der Waals surface area contributed by atoms with Gasteiger partial charge in [0.25, 0.3) is 0 Å². The maximum atomic E-state index is 12.0. The van der Waals surface area contributed by atoms with Crippen LogP contribution in [-0.4, -0.2) is 46.2 Å². The molecule has 0 atom stereocenters. The molecule has 2 heterocycles. The van der Waals surface area contributed by atoms with E-state index in [1.54, 1.807) is 16.2 Å². The summed E-state index contributed by atoms with van der Waals surface area (Å²) < 4.78 is 0. The zero-order chi connectivity index (χ0) is 15.5. The minimum atomic E-state index is -1.05. The van der Waals surface area contributed by atoms with Crippen LogP contribution in [0.2, 0.25) is 0 Å². The van der Waals surface area contributed by atoms with Crippen molar-refractivity contribution in [2.45, 2.75) is 44.1 Å². The first kappa shape index (κ1) is 15.1. The summed E-state index contributed by atoms with van der Waals surface area (Å²) in [4.78, 5) is 29.6. The van der Waals surface area contributed by atoms with Gasteiger partial charge in [-0.3, -0.25) is 5.32 Å². The molecule has 1 saturated heterocycles. The highest BCUT2D eigenvalue weighted by molar-refractivity contribution is 7.15. The molecular weight excluding hydrogens is 304 g/mol. The van der Waals surface area contributed by atoms with Crippen LogP contribution in [0.3, 0.4) is 0 Å². The van der Waals surface area contributed by atoms with Gasteiger partial charge in [0.1, 0.15) is 0 Å². The molecule has 3 amide bonds. The van der Waals surface area contributed by atoms with E-state index in [-0.39, 0.29) is 12.1 Å². The summed E-state index contributed by atoms with van der Waals surface area (Å²) in [5.41, 5.74) is 0. The van der Waals surface area contributed by atoms with Crippen molar-refractivity contribution in [1.29, 1.82) is 0 Å². The maximum absolute atomic E-state index is 12.0. The number of hydrogen-bond acceptors (Lipinski definition) is 4. The van der Waals surface area contributed by atoms with Crippen molar-refractivity contribution in [2.75, 3.05) is 18.4 Å². The van der Waals surface area contributed by atoms with Gasteiger partial charge in [-0.1, -0.05) is 19.3 Å². The number of likely N-dealkylation sites (tertiary alicyclic amines) is 1. The van der Waals surface area contributed by atoms with Gasteiger partial charge < -0.3 is 15.3 Å². The van der Waals surface area contributed by atoms with E-state index < -0.39 is 6.09 Å². The first-order chi connectivity index (χ1) is 10.6. The molecule has 0 bridgehead atoms. The van der Waals surface area contributed by atoms with Crippen LogP contribution in [0.15, 0.2) is 6.20 Å². The first-order valence-corrected chi connectivity index (χ1v) is 8.44. The monoisotopic (exact) mass is 324 g/mol. The molecule has 22 heavy (non-hydrogen) atoms. The number of carboxylic acid groups (broad SMARTS) is 1. The third-order valence-electron chi connectivity index (χ3n) is 4.24. The van der Waals surface area contributed by atoms with E-state index in [2.05, 4.69) is 15.6 Å². The zero-order valence-electron chi connectivity index (χ0n) is 12.2. The summed E-state index contributed by atoms with van der Waals surface area (Å²) in [5, 5.41) is 14.4. The Hall–Kier alpha value is -1.83. The maximum Gasteiger partial charge on any atom is 0.405 e. The summed E-state index contributed by atoms with van der Waals surface area (Å²) in [6, 6.07) is -0.384. The summed E-state index contributed by atoms with van der Waals surface area (Å²) >= 11 is 1.55. The summed E-state index contributed by atoms with van der Waals surface area (Å²) in [7, 11) is 0. The van der Waals surface area contributed by atoms with E-state index in [1.807, 2.05) is 6.20 Å². The lowest BCUT2D eigenvalue weighted by molar-refractivity contribution is 0.137. The highest BCUT2D eigenvalue weighted by Gasteiger charge is 2.32. The molecule has 7 nitrogen and oxygen atoms in total. The second-order valence-electron chi connectivity index (χ2n) is 5.88. The number of anilines is 1. The van der Waals surface area contributed by atoms with Crippen LogP contribution in [0.1, 0.15) is 42.9 Å². The van der Waals surface area contributed by atoms with Crippen molar-refractivity contribution in [3.63, 3.8) is 0 Å². The van der Waals surface area contributed by atoms with Crippen molar-refractivity contribution in [3.05, 3.63) is 11.1 Å².